The summed E-state index contributed by atoms with van der Waals surface area (Å²) < 4.78 is 1.05. The highest BCUT2D eigenvalue weighted by molar-refractivity contribution is 7.22. The fraction of sp³-hybridized carbons (Fsp3) is 0.250. The van der Waals surface area contributed by atoms with Crippen LogP contribution in [0.3, 0.4) is 0 Å². The van der Waals surface area contributed by atoms with E-state index in [-0.39, 0.29) is 17.1 Å². The van der Waals surface area contributed by atoms with Crippen molar-refractivity contribution in [3.8, 4) is 0 Å². The van der Waals surface area contributed by atoms with Crippen LogP contribution >= 0.6 is 11.3 Å². The maximum absolute atomic E-state index is 13.4. The summed E-state index contributed by atoms with van der Waals surface area (Å²) in [6.07, 6.45) is 1.02. The fourth-order valence-corrected chi connectivity index (χ4v) is 5.80. The molecule has 0 fully saturated rings. The van der Waals surface area contributed by atoms with Crippen molar-refractivity contribution in [2.24, 2.45) is 10.4 Å². The van der Waals surface area contributed by atoms with Crippen LogP contribution in [0.15, 0.2) is 64.8 Å². The number of benzene rings is 2. The molecule has 3 N–H and O–H groups in total. The predicted octanol–water partition coefficient (Wildman–Crippen LogP) is 4.16. The maximum Gasteiger partial charge on any atom is 0.262 e. The first-order chi connectivity index (χ1) is 15.4. The number of carbonyl (C=O) groups excluding carboxylic acids is 2. The smallest absolute Gasteiger partial charge is 0.262 e. The number of ketones is 1. The SMILES string of the molecule is CC1(C)CC(=O)C2=C(C1)NC(Nc1nc3ccccc3s1)=N[C@@]21C(=O)Nc2ccccc21. The zero-order chi connectivity index (χ0) is 22.1. The van der Waals surface area contributed by atoms with Gasteiger partial charge in [0.25, 0.3) is 5.91 Å². The topological polar surface area (TPSA) is 95.5 Å². The number of fused-ring (bicyclic) bond motifs is 4. The van der Waals surface area contributed by atoms with Crippen LogP contribution in [0.1, 0.15) is 32.3 Å². The Labute approximate surface area is 188 Å². The number of aromatic nitrogens is 1. The third-order valence-electron chi connectivity index (χ3n) is 6.20. The predicted molar refractivity (Wildman–Crippen MR) is 126 cm³/mol. The molecule has 160 valence electrons. The van der Waals surface area contributed by atoms with E-state index in [0.29, 0.717) is 40.8 Å². The molecule has 1 spiro atoms. The number of nitrogens with one attached hydrogen (secondary N) is 3. The monoisotopic (exact) mass is 443 g/mol. The highest BCUT2D eigenvalue weighted by Crippen LogP contribution is 2.51. The summed E-state index contributed by atoms with van der Waals surface area (Å²) >= 11 is 1.51. The molecular weight excluding hydrogens is 422 g/mol. The number of carbonyl (C=O) groups is 2. The summed E-state index contributed by atoms with van der Waals surface area (Å²) in [5.74, 6) is 0.0721. The molecule has 0 radical (unpaired) electrons. The minimum atomic E-state index is -1.40. The second-order valence-electron chi connectivity index (χ2n) is 9.20. The minimum Gasteiger partial charge on any atom is -0.329 e. The van der Waals surface area contributed by atoms with Gasteiger partial charge < -0.3 is 16.0 Å². The van der Waals surface area contributed by atoms with Gasteiger partial charge in [0, 0.05) is 23.4 Å². The van der Waals surface area contributed by atoms with Crippen molar-refractivity contribution in [3.05, 3.63) is 65.4 Å². The van der Waals surface area contributed by atoms with Crippen molar-refractivity contribution >= 4 is 50.0 Å². The quantitative estimate of drug-likeness (QED) is 0.525. The molecule has 32 heavy (non-hydrogen) atoms. The van der Waals surface area contributed by atoms with Crippen molar-refractivity contribution in [2.45, 2.75) is 32.2 Å². The van der Waals surface area contributed by atoms with Crippen LogP contribution in [0.2, 0.25) is 0 Å². The van der Waals surface area contributed by atoms with Crippen LogP contribution < -0.4 is 16.0 Å². The number of anilines is 2. The molecule has 1 aromatic heterocycles. The van der Waals surface area contributed by atoms with Gasteiger partial charge in [-0.15, -0.1) is 0 Å². The molecule has 7 nitrogen and oxygen atoms in total. The van der Waals surface area contributed by atoms with Gasteiger partial charge in [-0.05, 0) is 30.0 Å². The summed E-state index contributed by atoms with van der Waals surface area (Å²) in [7, 11) is 0. The standard InChI is InChI=1S/C24H21N5O2S/c1-23(2)11-16-19(17(30)12-23)24(13-7-3-4-8-14(13)25-20(24)31)29-21(26-16)28-22-27-15-9-5-6-10-18(15)32-22/h3-10H,11-12H2,1-2H3,(H,25,31)(H2,26,27,28,29)/t24-/m1/s1. The second kappa shape index (κ2) is 6.49. The number of rotatable bonds is 1. The maximum atomic E-state index is 13.4. The van der Waals surface area contributed by atoms with E-state index in [0.717, 1.165) is 15.9 Å². The summed E-state index contributed by atoms with van der Waals surface area (Å²) in [5, 5.41) is 10.2. The summed E-state index contributed by atoms with van der Waals surface area (Å²) in [4.78, 5) is 36.3. The van der Waals surface area contributed by atoms with Gasteiger partial charge in [-0.1, -0.05) is 55.5 Å². The van der Waals surface area contributed by atoms with Crippen LogP contribution in [-0.4, -0.2) is 22.6 Å². The lowest BCUT2D eigenvalue weighted by molar-refractivity contribution is -0.124. The molecule has 0 saturated heterocycles. The van der Waals surface area contributed by atoms with Gasteiger partial charge in [0.2, 0.25) is 5.96 Å². The lowest BCUT2D eigenvalue weighted by Crippen LogP contribution is -2.51. The Balaban J connectivity index is 1.52. The summed E-state index contributed by atoms with van der Waals surface area (Å²) in [5.41, 5.74) is 1.87. The second-order valence-corrected chi connectivity index (χ2v) is 10.2. The Morgan fingerprint density at radius 2 is 1.78 bits per heavy atom. The zero-order valence-corrected chi connectivity index (χ0v) is 18.5. The Morgan fingerprint density at radius 1 is 1.00 bits per heavy atom. The number of Topliss-reactive ketones (excluding diaryl/α,β-unsaturated/α-hetero) is 1. The average molecular weight is 444 g/mol. The third-order valence-corrected chi connectivity index (χ3v) is 7.15. The molecule has 0 unspecified atom stereocenters. The van der Waals surface area contributed by atoms with Gasteiger partial charge in [0.1, 0.15) is 0 Å². The van der Waals surface area contributed by atoms with E-state index in [4.69, 9.17) is 4.99 Å². The van der Waals surface area contributed by atoms with Crippen molar-refractivity contribution in [1.29, 1.82) is 0 Å². The molecule has 3 heterocycles. The van der Waals surface area contributed by atoms with Crippen molar-refractivity contribution in [2.75, 3.05) is 10.6 Å². The van der Waals surface area contributed by atoms with Crippen molar-refractivity contribution in [1.82, 2.24) is 10.3 Å². The highest BCUT2D eigenvalue weighted by atomic mass is 32.1. The Hall–Kier alpha value is -3.52. The normalized spacial score (nSPS) is 23.5. The van der Waals surface area contributed by atoms with Crippen LogP contribution in [-0.2, 0) is 15.1 Å². The van der Waals surface area contributed by atoms with E-state index in [1.165, 1.54) is 11.3 Å². The molecule has 8 heteroatoms. The number of hydrogen-bond donors (Lipinski definition) is 3. The number of hydrogen-bond acceptors (Lipinski definition) is 7. The van der Waals surface area contributed by atoms with Gasteiger partial charge in [-0.3, -0.25) is 9.59 Å². The number of allylic oxidation sites excluding steroid dienone is 1. The lowest BCUT2D eigenvalue weighted by Gasteiger charge is -2.40. The van der Waals surface area contributed by atoms with Gasteiger partial charge in [-0.2, -0.15) is 0 Å². The van der Waals surface area contributed by atoms with Crippen LogP contribution in [0.4, 0.5) is 10.8 Å². The number of nitrogens with zero attached hydrogens (tertiary/aromatic N) is 2. The Kier molecular flexibility index (Phi) is 3.89. The number of aliphatic imine (C=N–C) groups is 1. The number of thiazole rings is 1. The molecule has 3 aliphatic rings. The molecule has 1 aliphatic carbocycles. The van der Waals surface area contributed by atoms with Crippen molar-refractivity contribution < 1.29 is 9.59 Å². The number of amides is 1. The summed E-state index contributed by atoms with van der Waals surface area (Å²) in [6.45, 7) is 4.14. The summed E-state index contributed by atoms with van der Waals surface area (Å²) in [6, 6.07) is 15.3. The number of para-hydroxylation sites is 2. The highest BCUT2D eigenvalue weighted by Gasteiger charge is 2.57. The van der Waals surface area contributed by atoms with Crippen LogP contribution in [0, 0.1) is 5.41 Å². The average Bonchev–Trinajstić information content (AvgIpc) is 3.25. The van der Waals surface area contributed by atoms with Gasteiger partial charge >= 0.3 is 0 Å². The van der Waals surface area contributed by atoms with E-state index in [2.05, 4.69) is 34.8 Å². The molecule has 2 aliphatic heterocycles. The molecule has 0 bridgehead atoms. The Bertz CT molecular complexity index is 1350. The first kappa shape index (κ1) is 19.2. The largest absolute Gasteiger partial charge is 0.329 e. The molecular formula is C24H21N5O2S. The van der Waals surface area contributed by atoms with E-state index in [1.54, 1.807) is 0 Å². The minimum absolute atomic E-state index is 0.0432. The lowest BCUT2D eigenvalue weighted by atomic mass is 9.69. The molecule has 6 rings (SSSR count). The molecule has 0 saturated carbocycles. The van der Waals surface area contributed by atoms with E-state index < -0.39 is 5.54 Å². The molecule has 1 atom stereocenters. The van der Waals surface area contributed by atoms with Crippen LogP contribution in [0.25, 0.3) is 10.2 Å². The number of guanidine groups is 1. The van der Waals surface area contributed by atoms with E-state index in [1.807, 2.05) is 48.5 Å². The first-order valence-electron chi connectivity index (χ1n) is 10.5. The van der Waals surface area contributed by atoms with Crippen molar-refractivity contribution in [3.63, 3.8) is 0 Å². The third kappa shape index (κ3) is 2.72. The van der Waals surface area contributed by atoms with E-state index >= 15 is 0 Å². The van der Waals surface area contributed by atoms with Gasteiger partial charge in [-0.25, -0.2) is 9.98 Å². The fourth-order valence-electron chi connectivity index (χ4n) is 4.93. The zero-order valence-electron chi connectivity index (χ0n) is 17.7. The van der Waals surface area contributed by atoms with Crippen LogP contribution in [0.5, 0.6) is 0 Å². The molecule has 2 aromatic carbocycles. The molecule has 3 aromatic rings. The van der Waals surface area contributed by atoms with E-state index in [9.17, 15) is 9.59 Å². The Morgan fingerprint density at radius 3 is 2.62 bits per heavy atom. The van der Waals surface area contributed by atoms with Gasteiger partial charge in [0.05, 0.1) is 15.8 Å². The van der Waals surface area contributed by atoms with Gasteiger partial charge in [0.15, 0.2) is 16.5 Å². The first-order valence-corrected chi connectivity index (χ1v) is 11.3. The molecule has 1 amide bonds.